The summed E-state index contributed by atoms with van der Waals surface area (Å²) in [6.45, 7) is 41.8. The molecule has 0 heterocycles. The summed E-state index contributed by atoms with van der Waals surface area (Å²) in [4.78, 5) is 4.87. The molecule has 10 aromatic rings. The predicted octanol–water partition coefficient (Wildman–Crippen LogP) is 25.1. The fourth-order valence-corrected chi connectivity index (χ4v) is 14.7. The minimum absolute atomic E-state index is 0.0255. The normalized spacial score (nSPS) is 15.1. The lowest BCUT2D eigenvalue weighted by molar-refractivity contribution is 0.590. The van der Waals surface area contributed by atoms with Gasteiger partial charge in [0.2, 0.25) is 0 Å². The number of fused-ring (bicyclic) bond motifs is 9. The maximum atomic E-state index is 2.45. The zero-order valence-electron chi connectivity index (χ0n) is 57.3. The van der Waals surface area contributed by atoms with Crippen LogP contribution in [0.2, 0.25) is 0 Å². The average molecular weight is 1190 g/mol. The van der Waals surface area contributed by atoms with Crippen LogP contribution in [0.3, 0.4) is 0 Å². The third-order valence-electron chi connectivity index (χ3n) is 20.5. The summed E-state index contributed by atoms with van der Waals surface area (Å²) in [6.07, 6.45) is 9.22. The number of hydrogen-bond donors (Lipinski definition) is 0. The SMILES string of the molecule is CC(C)(C)c1ccc(N(c2ccc(C(C)(C)C)cc2)c2ccc3c(c2)C(C)(C)c2cc(C=Cc4ccc5c(c4)C(C)(C)c4cc(C=Cc6ccc7c(c6)C(C)(C)c6cc(N(c8ccc(C(C)(C)C)cc8)c8cccc(C(C)(C)C)c8)ccc6-7)ccc4-5)ccc2-3)cc1. The first-order valence-electron chi connectivity index (χ1n) is 33.1. The lowest BCUT2D eigenvalue weighted by Crippen LogP contribution is -2.17. The Balaban J connectivity index is 0.730. The van der Waals surface area contributed by atoms with Gasteiger partial charge in [0, 0.05) is 50.4 Å². The van der Waals surface area contributed by atoms with Gasteiger partial charge in [-0.1, -0.05) is 282 Å². The molecule has 0 saturated heterocycles. The van der Waals surface area contributed by atoms with Crippen molar-refractivity contribution in [3.63, 3.8) is 0 Å². The summed E-state index contributed by atoms with van der Waals surface area (Å²) < 4.78 is 0. The topological polar surface area (TPSA) is 6.48 Å². The molecule has 10 aromatic carbocycles. The molecule has 2 nitrogen and oxygen atoms in total. The minimum Gasteiger partial charge on any atom is -0.310 e. The van der Waals surface area contributed by atoms with Crippen LogP contribution in [0.4, 0.5) is 34.1 Å². The van der Waals surface area contributed by atoms with Gasteiger partial charge >= 0.3 is 0 Å². The van der Waals surface area contributed by atoms with Gasteiger partial charge in [0.25, 0.3) is 0 Å². The van der Waals surface area contributed by atoms with Crippen LogP contribution in [-0.4, -0.2) is 0 Å². The number of nitrogens with zero attached hydrogens (tertiary/aromatic N) is 2. The first-order valence-corrected chi connectivity index (χ1v) is 33.1. The van der Waals surface area contributed by atoms with E-state index in [-0.39, 0.29) is 37.9 Å². The van der Waals surface area contributed by atoms with E-state index >= 15 is 0 Å². The van der Waals surface area contributed by atoms with E-state index in [1.54, 1.807) is 0 Å². The maximum Gasteiger partial charge on any atom is 0.0465 e. The van der Waals surface area contributed by atoms with Crippen molar-refractivity contribution in [1.29, 1.82) is 0 Å². The van der Waals surface area contributed by atoms with Gasteiger partial charge in [-0.2, -0.15) is 0 Å². The van der Waals surface area contributed by atoms with Gasteiger partial charge in [0.05, 0.1) is 0 Å². The molecule has 458 valence electrons. The van der Waals surface area contributed by atoms with Gasteiger partial charge in [0.15, 0.2) is 0 Å². The molecule has 0 fully saturated rings. The van der Waals surface area contributed by atoms with E-state index in [1.165, 1.54) is 128 Å². The zero-order valence-corrected chi connectivity index (χ0v) is 57.3. The highest BCUT2D eigenvalue weighted by molar-refractivity contribution is 5.90. The van der Waals surface area contributed by atoms with Crippen LogP contribution in [0.25, 0.3) is 57.7 Å². The standard InChI is InChI=1S/C89H92N2/c1-83(2,3)61-30-36-65(37-31-61)90(66-38-32-62(33-39-66)84(4,5)6)69-42-48-75-73-46-28-59(52-79(73)88(15,16)81(75)55-69)24-22-57-26-44-71-72-45-27-58(51-78(72)87(13,14)77(71)50-57)23-25-60-29-47-74-76-49-43-70(56-82(76)89(17,18)80(74)53-60)91(67-40-34-63(35-41-67)85(7,8)9)68-21-19-20-64(54-68)86(10,11)12/h19-56H,1-18H3. The molecular weight excluding hydrogens is 1100 g/mol. The van der Waals surface area contributed by atoms with Gasteiger partial charge in [-0.05, 0) is 206 Å². The highest BCUT2D eigenvalue weighted by Crippen LogP contribution is 2.54. The molecule has 0 N–H and O–H groups in total. The predicted molar refractivity (Wildman–Crippen MR) is 394 cm³/mol. The van der Waals surface area contributed by atoms with Crippen LogP contribution in [0.1, 0.15) is 203 Å². The van der Waals surface area contributed by atoms with Crippen LogP contribution in [-0.2, 0) is 37.9 Å². The molecule has 3 aliphatic rings. The minimum atomic E-state index is -0.197. The van der Waals surface area contributed by atoms with Crippen molar-refractivity contribution in [2.75, 3.05) is 9.80 Å². The Morgan fingerprint density at radius 1 is 0.231 bits per heavy atom. The number of rotatable bonds is 10. The molecule has 2 heteroatoms. The molecule has 13 rings (SSSR count). The molecule has 3 aliphatic carbocycles. The Morgan fingerprint density at radius 2 is 0.462 bits per heavy atom. The van der Waals surface area contributed by atoms with Crippen LogP contribution in [0.15, 0.2) is 206 Å². The molecule has 0 aromatic heterocycles. The van der Waals surface area contributed by atoms with Crippen molar-refractivity contribution in [2.24, 2.45) is 0 Å². The Kier molecular flexibility index (Phi) is 14.6. The van der Waals surface area contributed by atoms with Crippen molar-refractivity contribution >= 4 is 58.4 Å². The first kappa shape index (κ1) is 61.2. The fraction of sp³-hybridized carbons (Fsp3) is 0.281. The quantitative estimate of drug-likeness (QED) is 0.126. The Hall–Kier alpha value is -8.72. The Morgan fingerprint density at radius 3 is 0.736 bits per heavy atom. The second-order valence-corrected chi connectivity index (χ2v) is 32.1. The van der Waals surface area contributed by atoms with Crippen molar-refractivity contribution in [1.82, 2.24) is 0 Å². The number of anilines is 6. The van der Waals surface area contributed by atoms with Gasteiger partial charge in [-0.25, -0.2) is 0 Å². The average Bonchev–Trinajstić information content (AvgIpc) is 1.61. The third kappa shape index (κ3) is 11.0. The highest BCUT2D eigenvalue weighted by atomic mass is 15.1. The van der Waals surface area contributed by atoms with Gasteiger partial charge in [-0.15, -0.1) is 0 Å². The Bertz CT molecular complexity index is 4490. The number of hydrogen-bond acceptors (Lipinski definition) is 2. The molecule has 0 unspecified atom stereocenters. The maximum absolute atomic E-state index is 2.45. The largest absolute Gasteiger partial charge is 0.310 e. The molecule has 0 bridgehead atoms. The number of benzene rings is 10. The summed E-state index contributed by atoms with van der Waals surface area (Å²) in [5, 5.41) is 0. The molecule has 0 aliphatic heterocycles. The van der Waals surface area contributed by atoms with E-state index in [2.05, 4.69) is 365 Å². The summed E-state index contributed by atoms with van der Waals surface area (Å²) in [5.74, 6) is 0. The van der Waals surface area contributed by atoms with Crippen LogP contribution < -0.4 is 9.80 Å². The fourth-order valence-electron chi connectivity index (χ4n) is 14.7. The van der Waals surface area contributed by atoms with Crippen molar-refractivity contribution in [3.05, 3.63) is 284 Å². The molecule has 91 heavy (non-hydrogen) atoms. The van der Waals surface area contributed by atoms with Crippen molar-refractivity contribution in [3.8, 4) is 33.4 Å². The van der Waals surface area contributed by atoms with Crippen LogP contribution in [0, 0.1) is 0 Å². The van der Waals surface area contributed by atoms with Crippen molar-refractivity contribution in [2.45, 2.75) is 163 Å². The lowest BCUT2D eigenvalue weighted by atomic mass is 9.81. The summed E-state index contributed by atoms with van der Waals surface area (Å²) in [5.41, 5.74) is 33.0. The molecular formula is C89H92N2. The van der Waals surface area contributed by atoms with E-state index in [1.807, 2.05) is 0 Å². The first-order chi connectivity index (χ1) is 42.8. The lowest BCUT2D eigenvalue weighted by Gasteiger charge is -2.30. The zero-order chi connectivity index (χ0) is 64.5. The molecule has 0 atom stereocenters. The van der Waals surface area contributed by atoms with Gasteiger partial charge in [0.1, 0.15) is 0 Å². The van der Waals surface area contributed by atoms with Crippen LogP contribution >= 0.6 is 0 Å². The summed E-state index contributed by atoms with van der Waals surface area (Å²) in [7, 11) is 0. The van der Waals surface area contributed by atoms with E-state index in [0.717, 1.165) is 17.1 Å². The third-order valence-corrected chi connectivity index (χ3v) is 20.5. The molecule has 0 spiro atoms. The Labute approximate surface area is 545 Å². The molecule has 0 amide bonds. The highest BCUT2D eigenvalue weighted by Gasteiger charge is 2.39. The van der Waals surface area contributed by atoms with E-state index in [0.29, 0.717) is 0 Å². The van der Waals surface area contributed by atoms with Gasteiger partial charge < -0.3 is 9.80 Å². The van der Waals surface area contributed by atoms with Crippen molar-refractivity contribution < 1.29 is 0 Å². The monoisotopic (exact) mass is 1190 g/mol. The van der Waals surface area contributed by atoms with E-state index in [4.69, 9.17) is 0 Å². The smallest absolute Gasteiger partial charge is 0.0465 e. The second-order valence-electron chi connectivity index (χ2n) is 32.1. The van der Waals surface area contributed by atoms with E-state index in [9.17, 15) is 0 Å². The van der Waals surface area contributed by atoms with Gasteiger partial charge in [-0.3, -0.25) is 0 Å². The second kappa shape index (κ2) is 21.7. The van der Waals surface area contributed by atoms with E-state index < -0.39 is 0 Å². The molecule has 0 saturated carbocycles. The van der Waals surface area contributed by atoms with Crippen LogP contribution in [0.5, 0.6) is 0 Å². The summed E-state index contributed by atoms with van der Waals surface area (Å²) >= 11 is 0. The summed E-state index contributed by atoms with van der Waals surface area (Å²) in [6, 6.07) is 79.2. The molecule has 0 radical (unpaired) electrons.